The Bertz CT molecular complexity index is 634. The molecule has 1 aliphatic heterocycles. The van der Waals surface area contributed by atoms with E-state index >= 15 is 0 Å². The number of carbonyl (C=O) groups is 1. The van der Waals surface area contributed by atoms with Crippen LogP contribution in [-0.4, -0.2) is 32.9 Å². The van der Waals surface area contributed by atoms with Gasteiger partial charge < -0.3 is 4.90 Å². The highest BCUT2D eigenvalue weighted by molar-refractivity contribution is 8.00. The first-order valence-corrected chi connectivity index (χ1v) is 7.57. The number of carbonyl (C=O) groups excluding carboxylic acids is 1. The molecule has 1 aromatic heterocycles. The third-order valence-electron chi connectivity index (χ3n) is 3.02. The summed E-state index contributed by atoms with van der Waals surface area (Å²) < 4.78 is 0. The van der Waals surface area contributed by atoms with Crippen molar-refractivity contribution in [1.29, 1.82) is 0 Å². The number of benzene rings is 1. The van der Waals surface area contributed by atoms with Gasteiger partial charge in [0.25, 0.3) is 0 Å². The number of rotatable bonds is 3. The lowest BCUT2D eigenvalue weighted by atomic mass is 10.3. The minimum Gasteiger partial charge on any atom is -0.311 e. The average molecular weight is 329 g/mol. The molecule has 2 aromatic rings. The Morgan fingerprint density at radius 2 is 2.20 bits per heavy atom. The lowest BCUT2D eigenvalue weighted by Crippen LogP contribution is -2.28. The molecule has 1 amide bonds. The fourth-order valence-corrected chi connectivity index (χ4v) is 3.28. The van der Waals surface area contributed by atoms with E-state index in [1.165, 1.54) is 18.1 Å². The van der Waals surface area contributed by atoms with Crippen molar-refractivity contribution in [2.75, 3.05) is 11.4 Å². The fourth-order valence-electron chi connectivity index (χ4n) is 2.06. The number of H-pyrrole nitrogens is 1. The van der Waals surface area contributed by atoms with E-state index in [1.807, 2.05) is 0 Å². The minimum atomic E-state index is -0.155. The Labute approximate surface area is 129 Å². The smallest absolute Gasteiger partial charge is 0.240 e. The number of thioether (sulfide) groups is 1. The predicted molar refractivity (Wildman–Crippen MR) is 79.5 cm³/mol. The van der Waals surface area contributed by atoms with Gasteiger partial charge in [-0.1, -0.05) is 35.0 Å². The molecule has 1 atom stereocenters. The van der Waals surface area contributed by atoms with Crippen molar-refractivity contribution >= 4 is 46.6 Å². The van der Waals surface area contributed by atoms with Gasteiger partial charge in [0.2, 0.25) is 5.91 Å². The number of halogens is 2. The minimum absolute atomic E-state index is 0.0461. The molecular formula is C12H10Cl2N4OS. The van der Waals surface area contributed by atoms with E-state index in [0.717, 1.165) is 12.1 Å². The summed E-state index contributed by atoms with van der Waals surface area (Å²) in [6.07, 6.45) is 2.18. The van der Waals surface area contributed by atoms with Crippen LogP contribution >= 0.6 is 35.0 Å². The SMILES string of the molecule is O=C1C(Sc2ncn[nH]2)CCN1c1ccc(Cl)c(Cl)c1. The van der Waals surface area contributed by atoms with Crippen LogP contribution in [0.5, 0.6) is 0 Å². The molecule has 8 heteroatoms. The van der Waals surface area contributed by atoms with E-state index in [0.29, 0.717) is 21.7 Å². The first-order valence-electron chi connectivity index (χ1n) is 5.93. The third-order valence-corrected chi connectivity index (χ3v) is 4.90. The molecule has 0 spiro atoms. The van der Waals surface area contributed by atoms with Crippen LogP contribution in [0.4, 0.5) is 5.69 Å². The molecule has 1 fully saturated rings. The van der Waals surface area contributed by atoms with Gasteiger partial charge in [-0.15, -0.1) is 0 Å². The summed E-state index contributed by atoms with van der Waals surface area (Å²) in [6, 6.07) is 5.21. The molecule has 1 aromatic carbocycles. The third kappa shape index (κ3) is 2.63. The van der Waals surface area contributed by atoms with E-state index in [9.17, 15) is 4.79 Å². The molecule has 1 unspecified atom stereocenters. The van der Waals surface area contributed by atoms with Crippen molar-refractivity contribution in [2.24, 2.45) is 0 Å². The Morgan fingerprint density at radius 1 is 1.35 bits per heavy atom. The van der Waals surface area contributed by atoms with Crippen molar-refractivity contribution in [2.45, 2.75) is 16.8 Å². The second-order valence-corrected chi connectivity index (χ2v) is 6.28. The van der Waals surface area contributed by atoms with Crippen molar-refractivity contribution < 1.29 is 4.79 Å². The van der Waals surface area contributed by atoms with Crippen LogP contribution in [-0.2, 0) is 4.79 Å². The van der Waals surface area contributed by atoms with Crippen LogP contribution in [0, 0.1) is 0 Å². The summed E-state index contributed by atoms with van der Waals surface area (Å²) in [5, 5.41) is 7.95. The monoisotopic (exact) mass is 328 g/mol. The van der Waals surface area contributed by atoms with E-state index < -0.39 is 0 Å². The average Bonchev–Trinajstić information content (AvgIpc) is 3.05. The number of aromatic amines is 1. The van der Waals surface area contributed by atoms with Gasteiger partial charge in [0.15, 0.2) is 5.16 Å². The van der Waals surface area contributed by atoms with Crippen molar-refractivity contribution in [3.8, 4) is 0 Å². The van der Waals surface area contributed by atoms with Gasteiger partial charge in [0, 0.05) is 12.2 Å². The number of amides is 1. The lowest BCUT2D eigenvalue weighted by molar-refractivity contribution is -0.116. The zero-order valence-corrected chi connectivity index (χ0v) is 12.5. The predicted octanol–water partition coefficient (Wildman–Crippen LogP) is 3.01. The highest BCUT2D eigenvalue weighted by atomic mass is 35.5. The molecule has 1 N–H and O–H groups in total. The number of hydrogen-bond acceptors (Lipinski definition) is 4. The van der Waals surface area contributed by atoms with Gasteiger partial charge in [-0.3, -0.25) is 9.89 Å². The van der Waals surface area contributed by atoms with Gasteiger partial charge in [-0.2, -0.15) is 5.10 Å². The van der Waals surface area contributed by atoms with Crippen molar-refractivity contribution in [1.82, 2.24) is 15.2 Å². The summed E-state index contributed by atoms with van der Waals surface area (Å²) in [5.41, 5.74) is 0.769. The van der Waals surface area contributed by atoms with Crippen LogP contribution in [0.1, 0.15) is 6.42 Å². The van der Waals surface area contributed by atoms with Crippen LogP contribution in [0.25, 0.3) is 0 Å². The maximum Gasteiger partial charge on any atom is 0.240 e. The zero-order valence-electron chi connectivity index (χ0n) is 10.2. The number of aromatic nitrogens is 3. The Balaban J connectivity index is 1.76. The molecular weight excluding hydrogens is 319 g/mol. The van der Waals surface area contributed by atoms with Gasteiger partial charge >= 0.3 is 0 Å². The quantitative estimate of drug-likeness (QED) is 0.940. The van der Waals surface area contributed by atoms with Gasteiger partial charge in [-0.25, -0.2) is 4.98 Å². The first-order chi connectivity index (χ1) is 9.65. The summed E-state index contributed by atoms with van der Waals surface area (Å²) in [4.78, 5) is 18.1. The normalized spacial score (nSPS) is 18.8. The largest absolute Gasteiger partial charge is 0.311 e. The highest BCUT2D eigenvalue weighted by Crippen LogP contribution is 2.33. The fraction of sp³-hybridized carbons (Fsp3) is 0.250. The Kier molecular flexibility index (Phi) is 3.87. The topological polar surface area (TPSA) is 61.9 Å². The number of anilines is 1. The van der Waals surface area contributed by atoms with Crippen molar-refractivity contribution in [3.05, 3.63) is 34.6 Å². The summed E-state index contributed by atoms with van der Waals surface area (Å²) in [6.45, 7) is 0.655. The van der Waals surface area contributed by atoms with Crippen molar-refractivity contribution in [3.63, 3.8) is 0 Å². The zero-order chi connectivity index (χ0) is 14.1. The maximum atomic E-state index is 12.4. The first kappa shape index (κ1) is 13.7. The summed E-state index contributed by atoms with van der Waals surface area (Å²) in [5.74, 6) is 0.0461. The molecule has 3 rings (SSSR count). The van der Waals surface area contributed by atoms with E-state index in [1.54, 1.807) is 23.1 Å². The molecule has 1 aliphatic rings. The molecule has 5 nitrogen and oxygen atoms in total. The molecule has 20 heavy (non-hydrogen) atoms. The van der Waals surface area contributed by atoms with Gasteiger partial charge in [0.05, 0.1) is 15.3 Å². The number of hydrogen-bond donors (Lipinski definition) is 1. The van der Waals surface area contributed by atoms with Crippen LogP contribution < -0.4 is 4.90 Å². The molecule has 0 aliphatic carbocycles. The molecule has 2 heterocycles. The second kappa shape index (κ2) is 5.63. The highest BCUT2D eigenvalue weighted by Gasteiger charge is 2.34. The number of nitrogens with zero attached hydrogens (tertiary/aromatic N) is 3. The van der Waals surface area contributed by atoms with Crippen LogP contribution in [0.15, 0.2) is 29.7 Å². The summed E-state index contributed by atoms with van der Waals surface area (Å²) >= 11 is 13.3. The van der Waals surface area contributed by atoms with E-state index in [2.05, 4.69) is 15.2 Å². The molecule has 104 valence electrons. The van der Waals surface area contributed by atoms with Gasteiger partial charge in [-0.05, 0) is 24.6 Å². The van der Waals surface area contributed by atoms with E-state index in [4.69, 9.17) is 23.2 Å². The Hall–Kier alpha value is -1.24. The van der Waals surface area contributed by atoms with Crippen LogP contribution in [0.3, 0.4) is 0 Å². The Morgan fingerprint density at radius 3 is 2.90 bits per heavy atom. The maximum absolute atomic E-state index is 12.4. The second-order valence-electron chi connectivity index (χ2n) is 4.27. The summed E-state index contributed by atoms with van der Waals surface area (Å²) in [7, 11) is 0. The number of nitrogens with one attached hydrogen (secondary N) is 1. The van der Waals surface area contributed by atoms with E-state index in [-0.39, 0.29) is 11.2 Å². The molecule has 0 bridgehead atoms. The molecule has 1 saturated heterocycles. The lowest BCUT2D eigenvalue weighted by Gasteiger charge is -2.17. The molecule has 0 saturated carbocycles. The van der Waals surface area contributed by atoms with Gasteiger partial charge in [0.1, 0.15) is 6.33 Å². The van der Waals surface area contributed by atoms with Crippen LogP contribution in [0.2, 0.25) is 10.0 Å². The standard InChI is InChI=1S/C12H10Cl2N4OS/c13-8-2-1-7(5-9(8)14)18-4-3-10(11(18)19)20-12-15-6-16-17-12/h1-2,5-6,10H,3-4H2,(H,15,16,17). The molecule has 0 radical (unpaired) electrons.